The fourth-order valence-corrected chi connectivity index (χ4v) is 2.59. The molecule has 1 aromatic carbocycles. The Kier molecular flexibility index (Phi) is 4.93. The molecule has 4 nitrogen and oxygen atoms in total. The zero-order chi connectivity index (χ0) is 13.7. The molecule has 1 aliphatic carbocycles. The molecule has 104 valence electrons. The number of carboxylic acid groups (broad SMARTS) is 1. The van der Waals surface area contributed by atoms with Crippen LogP contribution in [0.3, 0.4) is 0 Å². The van der Waals surface area contributed by atoms with E-state index >= 15 is 0 Å². The zero-order valence-corrected chi connectivity index (χ0v) is 11.0. The molecule has 2 unspecified atom stereocenters. The van der Waals surface area contributed by atoms with Gasteiger partial charge in [-0.05, 0) is 36.5 Å². The molecule has 0 bridgehead atoms. The van der Waals surface area contributed by atoms with Crippen LogP contribution in [0, 0.1) is 5.92 Å². The number of hydrogen-bond acceptors (Lipinski definition) is 3. The smallest absolute Gasteiger partial charge is 0.335 e. The van der Waals surface area contributed by atoms with Crippen LogP contribution in [-0.4, -0.2) is 28.8 Å². The zero-order valence-electron chi connectivity index (χ0n) is 11.0. The van der Waals surface area contributed by atoms with Crippen molar-refractivity contribution < 1.29 is 15.0 Å². The molecule has 0 radical (unpaired) electrons. The molecular formula is C15H21NO3. The third-order valence-electron chi connectivity index (χ3n) is 3.81. The summed E-state index contributed by atoms with van der Waals surface area (Å²) in [4.78, 5) is 10.7. The second-order valence-corrected chi connectivity index (χ2v) is 5.24. The second-order valence-electron chi connectivity index (χ2n) is 5.24. The highest BCUT2D eigenvalue weighted by Gasteiger charge is 2.22. The van der Waals surface area contributed by atoms with Gasteiger partial charge in [0.1, 0.15) is 0 Å². The minimum Gasteiger partial charge on any atom is -0.478 e. The molecule has 1 aliphatic rings. The lowest BCUT2D eigenvalue weighted by molar-refractivity contribution is 0.0690. The van der Waals surface area contributed by atoms with Crippen molar-refractivity contribution in [2.75, 3.05) is 6.54 Å². The number of hydrogen-bond donors (Lipinski definition) is 3. The Morgan fingerprint density at radius 1 is 1.21 bits per heavy atom. The molecule has 2 atom stereocenters. The monoisotopic (exact) mass is 263 g/mol. The van der Waals surface area contributed by atoms with Gasteiger partial charge >= 0.3 is 5.97 Å². The molecule has 0 aliphatic heterocycles. The maximum Gasteiger partial charge on any atom is 0.335 e. The van der Waals surface area contributed by atoms with Gasteiger partial charge in [-0.15, -0.1) is 0 Å². The van der Waals surface area contributed by atoms with E-state index in [-0.39, 0.29) is 6.10 Å². The number of aliphatic hydroxyl groups is 1. The van der Waals surface area contributed by atoms with Gasteiger partial charge < -0.3 is 15.5 Å². The van der Waals surface area contributed by atoms with E-state index in [0.717, 1.165) is 31.4 Å². The minimum atomic E-state index is -0.898. The van der Waals surface area contributed by atoms with Crippen LogP contribution in [0.5, 0.6) is 0 Å². The van der Waals surface area contributed by atoms with E-state index in [9.17, 15) is 9.90 Å². The average Bonchev–Trinajstić information content (AvgIpc) is 2.41. The molecule has 1 fully saturated rings. The first kappa shape index (κ1) is 14.0. The molecule has 2 rings (SSSR count). The summed E-state index contributed by atoms with van der Waals surface area (Å²) in [6.07, 6.45) is 4.17. The summed E-state index contributed by atoms with van der Waals surface area (Å²) in [7, 11) is 0. The molecule has 1 aromatic rings. The molecule has 0 spiro atoms. The summed E-state index contributed by atoms with van der Waals surface area (Å²) < 4.78 is 0. The summed E-state index contributed by atoms with van der Waals surface area (Å²) in [5.41, 5.74) is 1.38. The van der Waals surface area contributed by atoms with Crippen LogP contribution in [-0.2, 0) is 6.54 Å². The number of aromatic carboxylic acids is 1. The van der Waals surface area contributed by atoms with Crippen molar-refractivity contribution in [1.82, 2.24) is 5.32 Å². The summed E-state index contributed by atoms with van der Waals surface area (Å²) in [5, 5.41) is 22.0. The van der Waals surface area contributed by atoms with Crippen molar-refractivity contribution in [3.8, 4) is 0 Å². The lowest BCUT2D eigenvalue weighted by Crippen LogP contribution is -2.33. The van der Waals surface area contributed by atoms with E-state index in [1.807, 2.05) is 12.1 Å². The number of aliphatic hydroxyl groups excluding tert-OH is 1. The Morgan fingerprint density at radius 3 is 2.53 bits per heavy atom. The SMILES string of the molecule is O=C(O)c1ccc(CNCC2CCCCC2O)cc1. The maximum absolute atomic E-state index is 10.7. The second kappa shape index (κ2) is 6.68. The first-order valence-electron chi connectivity index (χ1n) is 6.88. The fraction of sp³-hybridized carbons (Fsp3) is 0.533. The topological polar surface area (TPSA) is 69.6 Å². The molecule has 19 heavy (non-hydrogen) atoms. The third-order valence-corrected chi connectivity index (χ3v) is 3.81. The van der Waals surface area contributed by atoms with Crippen molar-refractivity contribution in [3.63, 3.8) is 0 Å². The third kappa shape index (κ3) is 4.04. The van der Waals surface area contributed by atoms with Crippen molar-refractivity contribution in [1.29, 1.82) is 0 Å². The van der Waals surface area contributed by atoms with Crippen molar-refractivity contribution >= 4 is 5.97 Å². The quantitative estimate of drug-likeness (QED) is 0.760. The summed E-state index contributed by atoms with van der Waals surface area (Å²) >= 11 is 0. The van der Waals surface area contributed by atoms with Gasteiger partial charge in [0, 0.05) is 13.1 Å². The molecule has 0 heterocycles. The summed E-state index contributed by atoms with van der Waals surface area (Å²) in [6.45, 7) is 1.53. The van der Waals surface area contributed by atoms with Gasteiger partial charge in [0.05, 0.1) is 11.7 Å². The Labute approximate surface area is 113 Å². The molecular weight excluding hydrogens is 242 g/mol. The van der Waals surface area contributed by atoms with E-state index in [1.54, 1.807) is 12.1 Å². The van der Waals surface area contributed by atoms with Gasteiger partial charge in [0.2, 0.25) is 0 Å². The van der Waals surface area contributed by atoms with Crippen LogP contribution in [0.1, 0.15) is 41.6 Å². The summed E-state index contributed by atoms with van der Waals surface area (Å²) in [6, 6.07) is 6.89. The molecule has 0 saturated heterocycles. The van der Waals surface area contributed by atoms with Gasteiger partial charge in [-0.3, -0.25) is 0 Å². The van der Waals surface area contributed by atoms with Gasteiger partial charge in [0.25, 0.3) is 0 Å². The van der Waals surface area contributed by atoms with Gasteiger partial charge in [-0.1, -0.05) is 25.0 Å². The molecule has 0 amide bonds. The van der Waals surface area contributed by atoms with Crippen molar-refractivity contribution in [2.24, 2.45) is 5.92 Å². The minimum absolute atomic E-state index is 0.171. The number of carbonyl (C=O) groups is 1. The first-order chi connectivity index (χ1) is 9.16. The van der Waals surface area contributed by atoms with Crippen LogP contribution >= 0.6 is 0 Å². The lowest BCUT2D eigenvalue weighted by atomic mass is 9.86. The lowest BCUT2D eigenvalue weighted by Gasteiger charge is -2.27. The predicted molar refractivity (Wildman–Crippen MR) is 73.1 cm³/mol. The van der Waals surface area contributed by atoms with Crippen LogP contribution in [0.15, 0.2) is 24.3 Å². The van der Waals surface area contributed by atoms with Gasteiger partial charge in [-0.25, -0.2) is 4.79 Å². The molecule has 0 aromatic heterocycles. The average molecular weight is 263 g/mol. The van der Waals surface area contributed by atoms with Gasteiger partial charge in [-0.2, -0.15) is 0 Å². The number of carboxylic acids is 1. The Morgan fingerprint density at radius 2 is 1.89 bits per heavy atom. The van der Waals surface area contributed by atoms with Crippen LogP contribution in [0.4, 0.5) is 0 Å². The Bertz CT molecular complexity index is 416. The highest BCUT2D eigenvalue weighted by atomic mass is 16.4. The number of nitrogens with one attached hydrogen (secondary N) is 1. The largest absolute Gasteiger partial charge is 0.478 e. The van der Waals surface area contributed by atoms with E-state index in [1.165, 1.54) is 6.42 Å². The van der Waals surface area contributed by atoms with Crippen molar-refractivity contribution in [2.45, 2.75) is 38.3 Å². The number of benzene rings is 1. The normalized spacial score (nSPS) is 23.2. The van der Waals surface area contributed by atoms with E-state index < -0.39 is 5.97 Å². The van der Waals surface area contributed by atoms with Crippen LogP contribution in [0.25, 0.3) is 0 Å². The Balaban J connectivity index is 1.77. The maximum atomic E-state index is 10.7. The fourth-order valence-electron chi connectivity index (χ4n) is 2.59. The molecule has 1 saturated carbocycles. The number of rotatable bonds is 5. The van der Waals surface area contributed by atoms with Crippen LogP contribution in [0.2, 0.25) is 0 Å². The summed E-state index contributed by atoms with van der Waals surface area (Å²) in [5.74, 6) is -0.545. The first-order valence-corrected chi connectivity index (χ1v) is 6.88. The highest BCUT2D eigenvalue weighted by molar-refractivity contribution is 5.87. The predicted octanol–water partition coefficient (Wildman–Crippen LogP) is 2.03. The van der Waals surface area contributed by atoms with E-state index in [2.05, 4.69) is 5.32 Å². The Hall–Kier alpha value is -1.39. The standard InChI is InChI=1S/C15H21NO3/c17-14-4-2-1-3-13(14)10-16-9-11-5-7-12(8-6-11)15(18)19/h5-8,13-14,16-17H,1-4,9-10H2,(H,18,19). The van der Waals surface area contributed by atoms with E-state index in [4.69, 9.17) is 5.11 Å². The van der Waals surface area contributed by atoms with Gasteiger partial charge in [0.15, 0.2) is 0 Å². The molecule has 4 heteroatoms. The van der Waals surface area contributed by atoms with E-state index in [0.29, 0.717) is 18.0 Å². The van der Waals surface area contributed by atoms with Crippen molar-refractivity contribution in [3.05, 3.63) is 35.4 Å². The highest BCUT2D eigenvalue weighted by Crippen LogP contribution is 2.23. The van der Waals surface area contributed by atoms with Crippen LogP contribution < -0.4 is 5.32 Å². The molecule has 3 N–H and O–H groups in total.